The monoisotopic (exact) mass is 288 g/mol. The molecule has 0 saturated carbocycles. The number of carbonyl (C=O) groups excluding carboxylic acids is 4. The number of fused-ring (bicyclic) bond motifs is 3. The van der Waals surface area contributed by atoms with E-state index < -0.39 is 23.9 Å². The van der Waals surface area contributed by atoms with Crippen LogP contribution in [0.3, 0.4) is 0 Å². The lowest BCUT2D eigenvalue weighted by Gasteiger charge is -2.25. The SMILES string of the molecule is O=C1CCC(=O)ON2CCN(O1)OC(=O)CCC(=O)O2. The highest BCUT2D eigenvalue weighted by Crippen LogP contribution is 2.10. The Balaban J connectivity index is 2.13. The van der Waals surface area contributed by atoms with Gasteiger partial charge in [-0.3, -0.25) is 19.2 Å². The quantitative estimate of drug-likeness (QED) is 0.550. The molecule has 2 saturated heterocycles. The largest absolute Gasteiger partial charge is 0.333 e. The van der Waals surface area contributed by atoms with Crippen LogP contribution in [0.4, 0.5) is 0 Å². The van der Waals surface area contributed by atoms with Crippen molar-refractivity contribution in [3.63, 3.8) is 0 Å². The zero-order valence-electron chi connectivity index (χ0n) is 10.4. The van der Waals surface area contributed by atoms with E-state index >= 15 is 0 Å². The predicted molar refractivity (Wildman–Crippen MR) is 56.2 cm³/mol. The van der Waals surface area contributed by atoms with Gasteiger partial charge in [0.05, 0.1) is 38.8 Å². The Morgan fingerprint density at radius 1 is 0.550 bits per heavy atom. The van der Waals surface area contributed by atoms with E-state index in [4.69, 9.17) is 19.4 Å². The highest BCUT2D eigenvalue weighted by atomic mass is 17.0. The molecule has 0 amide bonds. The molecule has 0 radical (unpaired) electrons. The minimum absolute atomic E-state index is 0.155. The summed E-state index contributed by atoms with van der Waals surface area (Å²) in [5.41, 5.74) is 0. The van der Waals surface area contributed by atoms with Crippen LogP contribution in [0.5, 0.6) is 0 Å². The zero-order valence-corrected chi connectivity index (χ0v) is 10.4. The van der Waals surface area contributed by atoms with E-state index in [1.54, 1.807) is 0 Å². The molecule has 2 aliphatic rings. The third-order valence-electron chi connectivity index (χ3n) is 2.35. The van der Waals surface area contributed by atoms with Gasteiger partial charge in [-0.15, -0.1) is 0 Å². The van der Waals surface area contributed by atoms with E-state index in [2.05, 4.69) is 0 Å². The van der Waals surface area contributed by atoms with Crippen molar-refractivity contribution in [2.75, 3.05) is 13.1 Å². The van der Waals surface area contributed by atoms with Crippen LogP contribution in [-0.2, 0) is 38.5 Å². The molecule has 0 aromatic heterocycles. The summed E-state index contributed by atoms with van der Waals surface area (Å²) in [5, 5.41) is 1.35. The minimum Gasteiger partial charge on any atom is -0.333 e. The Hall–Kier alpha value is -2.20. The lowest BCUT2D eigenvalue weighted by atomic mass is 10.3. The summed E-state index contributed by atoms with van der Waals surface area (Å²) in [5.74, 6) is -2.95. The van der Waals surface area contributed by atoms with Gasteiger partial charge in [0.25, 0.3) is 0 Å². The molecule has 110 valence electrons. The predicted octanol–water partition coefficient (Wildman–Crippen LogP) is -0.989. The summed E-state index contributed by atoms with van der Waals surface area (Å²) in [6.45, 7) is -0.309. The topological polar surface area (TPSA) is 112 Å². The highest BCUT2D eigenvalue weighted by molar-refractivity contribution is 5.79. The number of hydrogen-bond donors (Lipinski definition) is 0. The summed E-state index contributed by atoms with van der Waals surface area (Å²) in [6, 6.07) is 0. The molecule has 0 atom stereocenters. The molecule has 0 aromatic carbocycles. The first-order chi connectivity index (χ1) is 9.52. The van der Waals surface area contributed by atoms with Gasteiger partial charge in [-0.2, -0.15) is 0 Å². The summed E-state index contributed by atoms with van der Waals surface area (Å²) in [6.07, 6.45) is -1.02. The van der Waals surface area contributed by atoms with Gasteiger partial charge in [-0.1, -0.05) is 0 Å². The highest BCUT2D eigenvalue weighted by Gasteiger charge is 2.27. The average molecular weight is 288 g/mol. The molecule has 0 N–H and O–H groups in total. The van der Waals surface area contributed by atoms with Gasteiger partial charge in [-0.25, -0.2) is 0 Å². The van der Waals surface area contributed by atoms with Crippen LogP contribution in [0, 0.1) is 0 Å². The maximum absolute atomic E-state index is 11.4. The van der Waals surface area contributed by atoms with Crippen LogP contribution in [0.15, 0.2) is 0 Å². The lowest BCUT2D eigenvalue weighted by molar-refractivity contribution is -0.361. The smallest absolute Gasteiger partial charge is 0.329 e. The molecule has 2 heterocycles. The van der Waals surface area contributed by atoms with E-state index in [9.17, 15) is 19.2 Å². The molecular formula is C10H12N2O8. The van der Waals surface area contributed by atoms with Gasteiger partial charge in [0.2, 0.25) is 0 Å². The van der Waals surface area contributed by atoms with Crippen molar-refractivity contribution in [3.05, 3.63) is 0 Å². The molecule has 10 nitrogen and oxygen atoms in total. The average Bonchev–Trinajstić information content (AvgIpc) is 2.39. The van der Waals surface area contributed by atoms with Crippen LogP contribution in [-0.4, -0.2) is 47.4 Å². The maximum atomic E-state index is 11.4. The van der Waals surface area contributed by atoms with E-state index in [0.717, 1.165) is 0 Å². The van der Waals surface area contributed by atoms with Crippen molar-refractivity contribution < 1.29 is 38.5 Å². The molecule has 2 rings (SSSR count). The molecule has 10 heteroatoms. The molecule has 0 aromatic rings. The second-order valence-electron chi connectivity index (χ2n) is 3.97. The maximum Gasteiger partial charge on any atom is 0.329 e. The number of nitrogens with zero attached hydrogens (tertiary/aromatic N) is 2. The first-order valence-electron chi connectivity index (χ1n) is 5.91. The normalized spacial score (nSPS) is 28.8. The molecular weight excluding hydrogens is 276 g/mol. The van der Waals surface area contributed by atoms with Crippen molar-refractivity contribution >= 4 is 23.9 Å². The number of hydroxylamine groups is 4. The second kappa shape index (κ2) is 6.30. The first kappa shape index (κ1) is 14.2. The lowest BCUT2D eigenvalue weighted by Crippen LogP contribution is -2.42. The first-order valence-corrected chi connectivity index (χ1v) is 5.91. The zero-order chi connectivity index (χ0) is 14.5. The third-order valence-corrected chi connectivity index (χ3v) is 2.35. The van der Waals surface area contributed by atoms with E-state index in [1.165, 1.54) is 0 Å². The van der Waals surface area contributed by atoms with Gasteiger partial charge < -0.3 is 19.4 Å². The fourth-order valence-electron chi connectivity index (χ4n) is 1.43. The number of rotatable bonds is 0. The summed E-state index contributed by atoms with van der Waals surface area (Å²) >= 11 is 0. The van der Waals surface area contributed by atoms with Gasteiger partial charge in [-0.05, 0) is 0 Å². The van der Waals surface area contributed by atoms with Crippen molar-refractivity contribution in [1.29, 1.82) is 0 Å². The minimum atomic E-state index is -0.739. The standard InChI is InChI=1S/C10H12N2O8/c13-7-1-2-8(14)18-12-6-5-11(17-7)19-9(15)3-4-10(16)20-12/h1-6H2. The Labute approximate surface area is 112 Å². The van der Waals surface area contributed by atoms with Crippen LogP contribution >= 0.6 is 0 Å². The van der Waals surface area contributed by atoms with Gasteiger partial charge >= 0.3 is 23.9 Å². The van der Waals surface area contributed by atoms with Gasteiger partial charge in [0.1, 0.15) is 0 Å². The van der Waals surface area contributed by atoms with Crippen molar-refractivity contribution in [1.82, 2.24) is 10.5 Å². The fourth-order valence-corrected chi connectivity index (χ4v) is 1.43. The Kier molecular flexibility index (Phi) is 4.48. The van der Waals surface area contributed by atoms with Crippen LogP contribution in [0.2, 0.25) is 0 Å². The Bertz CT molecular complexity index is 361. The van der Waals surface area contributed by atoms with Crippen LogP contribution in [0.25, 0.3) is 0 Å². The van der Waals surface area contributed by atoms with E-state index in [-0.39, 0.29) is 38.8 Å². The number of carbonyl (C=O) groups is 4. The molecule has 2 fully saturated rings. The molecule has 0 spiro atoms. The fraction of sp³-hybridized carbons (Fsp3) is 0.600. The van der Waals surface area contributed by atoms with Gasteiger partial charge in [0, 0.05) is 10.5 Å². The summed E-state index contributed by atoms with van der Waals surface area (Å²) in [4.78, 5) is 64.6. The molecule has 20 heavy (non-hydrogen) atoms. The van der Waals surface area contributed by atoms with Gasteiger partial charge in [0.15, 0.2) is 0 Å². The Morgan fingerprint density at radius 2 is 0.800 bits per heavy atom. The molecule has 2 bridgehead atoms. The third kappa shape index (κ3) is 4.17. The summed E-state index contributed by atoms with van der Waals surface area (Å²) < 4.78 is 0. The molecule has 2 aliphatic heterocycles. The van der Waals surface area contributed by atoms with E-state index in [1.807, 2.05) is 0 Å². The second-order valence-corrected chi connectivity index (χ2v) is 3.97. The van der Waals surface area contributed by atoms with Crippen LogP contribution < -0.4 is 0 Å². The molecule has 0 unspecified atom stereocenters. The number of hydrogen-bond acceptors (Lipinski definition) is 10. The van der Waals surface area contributed by atoms with Crippen molar-refractivity contribution in [3.8, 4) is 0 Å². The van der Waals surface area contributed by atoms with Crippen molar-refractivity contribution in [2.24, 2.45) is 0 Å². The van der Waals surface area contributed by atoms with Crippen LogP contribution in [0.1, 0.15) is 25.7 Å². The summed E-state index contributed by atoms with van der Waals surface area (Å²) in [7, 11) is 0. The van der Waals surface area contributed by atoms with E-state index in [0.29, 0.717) is 10.5 Å². The Morgan fingerprint density at radius 3 is 1.05 bits per heavy atom. The van der Waals surface area contributed by atoms with Crippen molar-refractivity contribution in [2.45, 2.75) is 25.7 Å². The molecule has 0 aliphatic carbocycles.